The van der Waals surface area contributed by atoms with Gasteiger partial charge in [0.25, 0.3) is 0 Å². The number of aliphatic hydroxyl groups is 1. The average molecular weight is 428 g/mol. The van der Waals surface area contributed by atoms with Crippen LogP contribution in [0.2, 0.25) is 0 Å². The topological polar surface area (TPSA) is 49.5 Å². The molecule has 0 spiro atoms. The molecule has 2 aromatic carbocycles. The second kappa shape index (κ2) is 8.11. The van der Waals surface area contributed by atoms with Crippen LogP contribution in [0.25, 0.3) is 0 Å². The Kier molecular flexibility index (Phi) is 6.44. The van der Waals surface area contributed by atoms with E-state index in [0.717, 1.165) is 27.6 Å². The van der Waals surface area contributed by atoms with Gasteiger partial charge in [0, 0.05) is 27.6 Å². The first-order chi connectivity index (χ1) is 10.5. The summed E-state index contributed by atoms with van der Waals surface area (Å²) < 4.78 is 1.69. The van der Waals surface area contributed by atoms with E-state index in [0.29, 0.717) is 12.2 Å². The van der Waals surface area contributed by atoms with Gasteiger partial charge in [-0.1, -0.05) is 53.2 Å². The van der Waals surface area contributed by atoms with Gasteiger partial charge in [-0.3, -0.25) is 4.90 Å². The van der Waals surface area contributed by atoms with E-state index in [-0.39, 0.29) is 0 Å². The summed E-state index contributed by atoms with van der Waals surface area (Å²) in [5.41, 5.74) is 8.64. The molecule has 0 bridgehead atoms. The lowest BCUT2D eigenvalue weighted by Crippen LogP contribution is -2.28. The Labute approximate surface area is 148 Å². The van der Waals surface area contributed by atoms with Gasteiger partial charge in [-0.05, 0) is 40.2 Å². The zero-order valence-corrected chi connectivity index (χ0v) is 15.6. The number of anilines is 1. The van der Waals surface area contributed by atoms with Crippen LogP contribution >= 0.6 is 31.9 Å². The van der Waals surface area contributed by atoms with Crippen molar-refractivity contribution in [3.63, 3.8) is 0 Å². The predicted octanol–water partition coefficient (Wildman–Crippen LogP) is 4.35. The molecule has 2 aromatic rings. The number of nitrogens with zero attached hydrogens (tertiary/aromatic N) is 1. The van der Waals surface area contributed by atoms with Gasteiger partial charge in [-0.15, -0.1) is 0 Å². The summed E-state index contributed by atoms with van der Waals surface area (Å²) in [6, 6.07) is 14.0. The molecule has 1 atom stereocenters. The minimum atomic E-state index is -0.627. The van der Waals surface area contributed by atoms with E-state index in [1.807, 2.05) is 30.3 Å². The first-order valence-electron chi connectivity index (χ1n) is 7.20. The molecule has 0 saturated heterocycles. The molecule has 0 aliphatic carbocycles. The highest BCUT2D eigenvalue weighted by molar-refractivity contribution is 9.11. The highest BCUT2D eigenvalue weighted by Crippen LogP contribution is 2.32. The molecule has 5 heteroatoms. The first-order valence-corrected chi connectivity index (χ1v) is 8.78. The number of benzene rings is 2. The smallest absolute Gasteiger partial charge is 0.0937 e. The number of nitrogen functional groups attached to an aromatic ring is 1. The van der Waals surface area contributed by atoms with Crippen molar-refractivity contribution in [2.24, 2.45) is 0 Å². The van der Waals surface area contributed by atoms with Crippen molar-refractivity contribution in [3.8, 4) is 0 Å². The van der Waals surface area contributed by atoms with Gasteiger partial charge >= 0.3 is 0 Å². The summed E-state index contributed by atoms with van der Waals surface area (Å²) >= 11 is 6.86. The number of rotatable bonds is 6. The molecule has 0 aliphatic rings. The Morgan fingerprint density at radius 1 is 1.18 bits per heavy atom. The minimum absolute atomic E-state index is 0.540. The highest BCUT2D eigenvalue weighted by Gasteiger charge is 2.17. The van der Waals surface area contributed by atoms with Crippen LogP contribution in [-0.4, -0.2) is 23.1 Å². The maximum atomic E-state index is 10.6. The Morgan fingerprint density at radius 2 is 1.86 bits per heavy atom. The lowest BCUT2D eigenvalue weighted by Gasteiger charge is -2.25. The molecule has 0 amide bonds. The van der Waals surface area contributed by atoms with Crippen molar-refractivity contribution in [2.45, 2.75) is 19.6 Å². The van der Waals surface area contributed by atoms with Gasteiger partial charge in [0.2, 0.25) is 0 Å². The number of aliphatic hydroxyl groups excluding tert-OH is 1. The van der Waals surface area contributed by atoms with Gasteiger partial charge in [0.05, 0.1) is 11.8 Å². The Balaban J connectivity index is 2.11. The molecule has 118 valence electrons. The van der Waals surface area contributed by atoms with Crippen molar-refractivity contribution >= 4 is 37.5 Å². The van der Waals surface area contributed by atoms with Crippen molar-refractivity contribution in [3.05, 3.63) is 62.5 Å². The number of nitrogens with two attached hydrogens (primary N) is 1. The molecule has 22 heavy (non-hydrogen) atoms. The minimum Gasteiger partial charge on any atom is -0.398 e. The fourth-order valence-corrected chi connectivity index (χ4v) is 3.63. The lowest BCUT2D eigenvalue weighted by molar-refractivity contribution is 0.113. The molecule has 0 saturated carbocycles. The monoisotopic (exact) mass is 426 g/mol. The number of hydrogen-bond donors (Lipinski definition) is 2. The van der Waals surface area contributed by atoms with Crippen molar-refractivity contribution in [1.82, 2.24) is 4.90 Å². The molecule has 3 nitrogen and oxygen atoms in total. The molecular weight excluding hydrogens is 408 g/mol. The van der Waals surface area contributed by atoms with Gasteiger partial charge in [0.1, 0.15) is 0 Å². The molecular formula is C17H20Br2N2O. The number of hydrogen-bond acceptors (Lipinski definition) is 3. The summed E-state index contributed by atoms with van der Waals surface area (Å²) in [6.45, 7) is 4.30. The molecule has 0 fully saturated rings. The SMILES string of the molecule is CCN(Cc1ccccc1)CC(O)c1cc(Br)cc(Br)c1N. The quantitative estimate of drug-likeness (QED) is 0.673. The van der Waals surface area contributed by atoms with Crippen molar-refractivity contribution in [1.29, 1.82) is 0 Å². The van der Waals surface area contributed by atoms with Gasteiger partial charge < -0.3 is 10.8 Å². The fraction of sp³-hybridized carbons (Fsp3) is 0.294. The van der Waals surface area contributed by atoms with Gasteiger partial charge in [-0.25, -0.2) is 0 Å². The molecule has 0 aromatic heterocycles. The summed E-state index contributed by atoms with van der Waals surface area (Å²) in [7, 11) is 0. The molecule has 0 heterocycles. The zero-order valence-electron chi connectivity index (χ0n) is 12.5. The largest absolute Gasteiger partial charge is 0.398 e. The van der Waals surface area contributed by atoms with Gasteiger partial charge in [-0.2, -0.15) is 0 Å². The van der Waals surface area contributed by atoms with Crippen LogP contribution in [0.15, 0.2) is 51.4 Å². The summed E-state index contributed by atoms with van der Waals surface area (Å²) in [4.78, 5) is 2.20. The molecule has 0 aliphatic heterocycles. The van der Waals surface area contributed by atoms with E-state index in [4.69, 9.17) is 5.73 Å². The molecule has 0 radical (unpaired) electrons. The first kappa shape index (κ1) is 17.5. The van der Waals surface area contributed by atoms with Crippen LogP contribution in [0.1, 0.15) is 24.2 Å². The van der Waals surface area contributed by atoms with E-state index in [1.54, 1.807) is 0 Å². The van der Waals surface area contributed by atoms with Crippen LogP contribution < -0.4 is 5.73 Å². The Hall–Kier alpha value is -0.880. The van der Waals surface area contributed by atoms with Crippen LogP contribution in [0.5, 0.6) is 0 Å². The average Bonchev–Trinajstić information content (AvgIpc) is 2.51. The summed E-state index contributed by atoms with van der Waals surface area (Å²) in [5.74, 6) is 0. The second-order valence-corrected chi connectivity index (χ2v) is 6.99. The van der Waals surface area contributed by atoms with E-state index >= 15 is 0 Å². The number of halogens is 2. The molecule has 3 N–H and O–H groups in total. The van der Waals surface area contributed by atoms with E-state index in [2.05, 4.69) is 55.8 Å². The van der Waals surface area contributed by atoms with Crippen LogP contribution in [0, 0.1) is 0 Å². The van der Waals surface area contributed by atoms with Crippen molar-refractivity contribution < 1.29 is 5.11 Å². The summed E-state index contributed by atoms with van der Waals surface area (Å²) in [6.07, 6.45) is -0.627. The predicted molar refractivity (Wildman–Crippen MR) is 98.6 cm³/mol. The standard InChI is InChI=1S/C17H20Br2N2O/c1-2-21(10-12-6-4-3-5-7-12)11-16(22)14-8-13(18)9-15(19)17(14)20/h3-9,16,22H,2,10-11,20H2,1H3. The second-order valence-electron chi connectivity index (χ2n) is 5.22. The van der Waals surface area contributed by atoms with Crippen LogP contribution in [0.3, 0.4) is 0 Å². The third kappa shape index (κ3) is 4.56. The lowest BCUT2D eigenvalue weighted by atomic mass is 10.1. The maximum absolute atomic E-state index is 10.6. The fourth-order valence-electron chi connectivity index (χ4n) is 2.37. The molecule has 1 unspecified atom stereocenters. The summed E-state index contributed by atoms with van der Waals surface area (Å²) in [5, 5.41) is 10.6. The maximum Gasteiger partial charge on any atom is 0.0937 e. The van der Waals surface area contributed by atoms with Crippen LogP contribution in [-0.2, 0) is 6.54 Å². The highest BCUT2D eigenvalue weighted by atomic mass is 79.9. The van der Waals surface area contributed by atoms with E-state index < -0.39 is 6.10 Å². The van der Waals surface area contributed by atoms with Crippen LogP contribution in [0.4, 0.5) is 5.69 Å². The third-order valence-electron chi connectivity index (χ3n) is 3.61. The normalized spacial score (nSPS) is 12.6. The van der Waals surface area contributed by atoms with E-state index in [1.165, 1.54) is 5.56 Å². The van der Waals surface area contributed by atoms with Crippen molar-refractivity contribution in [2.75, 3.05) is 18.8 Å². The zero-order chi connectivity index (χ0) is 16.1. The third-order valence-corrected chi connectivity index (χ3v) is 4.73. The van der Waals surface area contributed by atoms with E-state index in [9.17, 15) is 5.11 Å². The molecule has 2 rings (SSSR count). The number of likely N-dealkylation sites (N-methyl/N-ethyl adjacent to an activating group) is 1. The Morgan fingerprint density at radius 3 is 2.50 bits per heavy atom. The Bertz CT molecular complexity index is 620. The van der Waals surface area contributed by atoms with Gasteiger partial charge in [0.15, 0.2) is 0 Å².